The summed E-state index contributed by atoms with van der Waals surface area (Å²) in [6, 6.07) is 13.7. The van der Waals surface area contributed by atoms with Crippen LogP contribution in [0, 0.1) is 33.8 Å². The smallest absolute Gasteiger partial charge is 0.271 e. The number of benzene rings is 2. The standard InChI is InChI=1S/C24H21N3O5/c28-22(25-17-7-4-8-18(13-17)27(31)32)19(11-14-5-2-1-3-6-14)26-23(29)20-15-9-10-16(12-15)21(20)24(26)30/h1-10,13,15-16,19-21H,11-12H2,(H,25,28)/t15-,16-,19-,20-,21+/m0/s1. The maximum atomic E-state index is 13.3. The molecule has 162 valence electrons. The van der Waals surface area contributed by atoms with E-state index in [1.54, 1.807) is 0 Å². The van der Waals surface area contributed by atoms with Gasteiger partial charge in [0.25, 0.3) is 5.69 Å². The van der Waals surface area contributed by atoms with Gasteiger partial charge in [-0.1, -0.05) is 48.6 Å². The van der Waals surface area contributed by atoms with Crippen LogP contribution < -0.4 is 5.32 Å². The molecule has 2 aromatic carbocycles. The molecular formula is C24H21N3O5. The first-order valence-corrected chi connectivity index (χ1v) is 10.6. The first-order valence-electron chi connectivity index (χ1n) is 10.6. The number of hydrogen-bond acceptors (Lipinski definition) is 5. The molecule has 2 aromatic rings. The monoisotopic (exact) mass is 431 g/mol. The fourth-order valence-electron chi connectivity index (χ4n) is 5.29. The van der Waals surface area contributed by atoms with Crippen molar-refractivity contribution in [3.8, 4) is 0 Å². The van der Waals surface area contributed by atoms with Crippen LogP contribution in [0.2, 0.25) is 0 Å². The number of rotatable bonds is 6. The van der Waals surface area contributed by atoms with E-state index in [4.69, 9.17) is 0 Å². The van der Waals surface area contributed by atoms with E-state index in [9.17, 15) is 24.5 Å². The Morgan fingerprint density at radius 1 is 1.03 bits per heavy atom. The fraction of sp³-hybridized carbons (Fsp3) is 0.292. The zero-order valence-electron chi connectivity index (χ0n) is 17.1. The third kappa shape index (κ3) is 3.28. The molecule has 5 atom stereocenters. The second-order valence-electron chi connectivity index (χ2n) is 8.55. The molecule has 1 heterocycles. The zero-order chi connectivity index (χ0) is 22.4. The number of imide groups is 1. The van der Waals surface area contributed by atoms with Gasteiger partial charge in [-0.25, -0.2) is 0 Å². The van der Waals surface area contributed by atoms with Crippen molar-refractivity contribution < 1.29 is 19.3 Å². The molecule has 8 heteroatoms. The summed E-state index contributed by atoms with van der Waals surface area (Å²) in [7, 11) is 0. The van der Waals surface area contributed by atoms with Gasteiger partial charge in [0.15, 0.2) is 0 Å². The Labute approximate surface area is 184 Å². The van der Waals surface area contributed by atoms with Gasteiger partial charge in [-0.15, -0.1) is 0 Å². The summed E-state index contributed by atoms with van der Waals surface area (Å²) in [5, 5.41) is 13.8. The van der Waals surface area contributed by atoms with E-state index in [0.29, 0.717) is 0 Å². The summed E-state index contributed by atoms with van der Waals surface area (Å²) in [5.41, 5.74) is 0.890. The summed E-state index contributed by atoms with van der Waals surface area (Å²) >= 11 is 0. The molecule has 2 bridgehead atoms. The first-order chi connectivity index (χ1) is 15.4. The topological polar surface area (TPSA) is 110 Å². The molecular weight excluding hydrogens is 410 g/mol. The summed E-state index contributed by atoms with van der Waals surface area (Å²) < 4.78 is 0. The molecule has 32 heavy (non-hydrogen) atoms. The van der Waals surface area contributed by atoms with Crippen LogP contribution in [0.5, 0.6) is 0 Å². The Hall–Kier alpha value is -3.81. The Kier molecular flexibility index (Phi) is 4.84. The average molecular weight is 431 g/mol. The van der Waals surface area contributed by atoms with Gasteiger partial charge in [0.2, 0.25) is 17.7 Å². The van der Waals surface area contributed by atoms with Gasteiger partial charge in [0.1, 0.15) is 6.04 Å². The highest BCUT2D eigenvalue weighted by atomic mass is 16.6. The first kappa shape index (κ1) is 20.1. The Morgan fingerprint density at radius 3 is 2.31 bits per heavy atom. The summed E-state index contributed by atoms with van der Waals surface area (Å²) in [6.07, 6.45) is 5.00. The molecule has 0 unspecified atom stereocenters. The highest BCUT2D eigenvalue weighted by Gasteiger charge is 2.61. The number of non-ortho nitro benzene ring substituents is 1. The van der Waals surface area contributed by atoms with Crippen LogP contribution in [0.15, 0.2) is 66.7 Å². The molecule has 1 saturated carbocycles. The van der Waals surface area contributed by atoms with Crippen LogP contribution in [0.3, 0.4) is 0 Å². The van der Waals surface area contributed by atoms with Crippen LogP contribution in [0.25, 0.3) is 0 Å². The predicted molar refractivity (Wildman–Crippen MR) is 115 cm³/mol. The molecule has 1 saturated heterocycles. The number of nitrogens with one attached hydrogen (secondary N) is 1. The number of hydrogen-bond donors (Lipinski definition) is 1. The third-order valence-corrected chi connectivity index (χ3v) is 6.72. The Balaban J connectivity index is 1.45. The Bertz CT molecular complexity index is 1120. The van der Waals surface area contributed by atoms with Gasteiger partial charge in [0, 0.05) is 24.2 Å². The molecule has 0 radical (unpaired) electrons. The molecule has 5 rings (SSSR count). The van der Waals surface area contributed by atoms with Crippen molar-refractivity contribution in [3.63, 3.8) is 0 Å². The number of nitrogens with zero attached hydrogens (tertiary/aromatic N) is 2. The molecule has 1 N–H and O–H groups in total. The number of anilines is 1. The SMILES string of the molecule is O=C(Nc1cccc([N+](=O)[O-])c1)[C@H](Cc1ccccc1)N1C(=O)[C@@H]2[C@H](C1=O)[C@H]1C=C[C@H]2C1. The second-order valence-corrected chi connectivity index (χ2v) is 8.55. The van der Waals surface area contributed by atoms with Crippen molar-refractivity contribution in [2.45, 2.75) is 18.9 Å². The quantitative estimate of drug-likeness (QED) is 0.327. The number of amides is 3. The number of allylic oxidation sites excluding steroid dienone is 2. The zero-order valence-corrected chi connectivity index (χ0v) is 17.1. The second kappa shape index (κ2) is 7.71. The largest absolute Gasteiger partial charge is 0.324 e. The molecule has 3 aliphatic rings. The van der Waals surface area contributed by atoms with E-state index in [-0.39, 0.29) is 41.4 Å². The van der Waals surface area contributed by atoms with Crippen molar-refractivity contribution in [2.24, 2.45) is 23.7 Å². The van der Waals surface area contributed by atoms with E-state index in [1.807, 2.05) is 42.5 Å². The number of carbonyl (C=O) groups is 3. The van der Waals surface area contributed by atoms with E-state index in [1.165, 1.54) is 24.3 Å². The number of fused-ring (bicyclic) bond motifs is 5. The predicted octanol–water partition coefficient (Wildman–Crippen LogP) is 2.95. The highest BCUT2D eigenvalue weighted by molar-refractivity contribution is 6.11. The van der Waals surface area contributed by atoms with E-state index < -0.39 is 28.7 Å². The molecule has 3 amide bonds. The number of likely N-dealkylation sites (tertiary alicyclic amines) is 1. The normalized spacial score (nSPS) is 26.3. The highest BCUT2D eigenvalue weighted by Crippen LogP contribution is 2.53. The number of carbonyl (C=O) groups excluding carboxylic acids is 3. The molecule has 8 nitrogen and oxygen atoms in total. The summed E-state index contributed by atoms with van der Waals surface area (Å²) in [4.78, 5) is 51.6. The molecule has 2 aliphatic carbocycles. The van der Waals surface area contributed by atoms with Crippen molar-refractivity contribution in [2.75, 3.05) is 5.32 Å². The van der Waals surface area contributed by atoms with Gasteiger partial charge in [-0.05, 0) is 29.9 Å². The minimum Gasteiger partial charge on any atom is -0.324 e. The van der Waals surface area contributed by atoms with Crippen molar-refractivity contribution >= 4 is 29.1 Å². The van der Waals surface area contributed by atoms with E-state index in [2.05, 4.69) is 5.32 Å². The van der Waals surface area contributed by atoms with Crippen molar-refractivity contribution in [1.29, 1.82) is 0 Å². The van der Waals surface area contributed by atoms with Crippen molar-refractivity contribution in [3.05, 3.63) is 82.4 Å². The Morgan fingerprint density at radius 2 is 1.69 bits per heavy atom. The van der Waals surface area contributed by atoms with Crippen LogP contribution in [0.4, 0.5) is 11.4 Å². The van der Waals surface area contributed by atoms with Crippen LogP contribution in [-0.4, -0.2) is 33.6 Å². The van der Waals surface area contributed by atoms with Gasteiger partial charge in [-0.3, -0.25) is 29.4 Å². The maximum Gasteiger partial charge on any atom is 0.271 e. The number of nitro groups is 1. The van der Waals surface area contributed by atoms with Crippen LogP contribution in [0.1, 0.15) is 12.0 Å². The lowest BCUT2D eigenvalue weighted by atomic mass is 9.85. The van der Waals surface area contributed by atoms with Gasteiger partial charge in [0.05, 0.1) is 16.8 Å². The van der Waals surface area contributed by atoms with Gasteiger partial charge < -0.3 is 5.32 Å². The summed E-state index contributed by atoms with van der Waals surface area (Å²) in [6.45, 7) is 0. The van der Waals surface area contributed by atoms with Gasteiger partial charge >= 0.3 is 0 Å². The fourth-order valence-corrected chi connectivity index (χ4v) is 5.29. The van der Waals surface area contributed by atoms with Crippen LogP contribution in [-0.2, 0) is 20.8 Å². The van der Waals surface area contributed by atoms with E-state index >= 15 is 0 Å². The lowest BCUT2D eigenvalue weighted by molar-refractivity contribution is -0.384. The van der Waals surface area contributed by atoms with E-state index in [0.717, 1.165) is 16.9 Å². The number of nitro benzene ring substituents is 1. The molecule has 2 fully saturated rings. The van der Waals surface area contributed by atoms with Gasteiger partial charge in [-0.2, -0.15) is 0 Å². The molecule has 0 aromatic heterocycles. The average Bonchev–Trinajstić information content (AvgIpc) is 3.47. The van der Waals surface area contributed by atoms with Crippen LogP contribution >= 0.6 is 0 Å². The summed E-state index contributed by atoms with van der Waals surface area (Å²) in [5.74, 6) is -1.86. The molecule has 0 spiro atoms. The third-order valence-electron chi connectivity index (χ3n) is 6.72. The molecule has 1 aliphatic heterocycles. The minimum atomic E-state index is -1.04. The lowest BCUT2D eigenvalue weighted by Crippen LogP contribution is -2.49. The van der Waals surface area contributed by atoms with Crippen molar-refractivity contribution in [1.82, 2.24) is 4.90 Å². The maximum absolute atomic E-state index is 13.3. The minimum absolute atomic E-state index is 0.0451. The lowest BCUT2D eigenvalue weighted by Gasteiger charge is -2.27.